The van der Waals surface area contributed by atoms with Gasteiger partial charge in [-0.05, 0) is 46.8 Å². The lowest BCUT2D eigenvalue weighted by atomic mass is 10.1. The molecule has 1 heterocycles. The zero-order chi connectivity index (χ0) is 19.4. The summed E-state index contributed by atoms with van der Waals surface area (Å²) < 4.78 is 40.2. The van der Waals surface area contributed by atoms with E-state index in [9.17, 15) is 22.8 Å². The number of carbonyl (C=O) groups is 2. The van der Waals surface area contributed by atoms with Gasteiger partial charge in [0.2, 0.25) is 0 Å². The smallest absolute Gasteiger partial charge is 0.267 e. The lowest BCUT2D eigenvalue weighted by molar-refractivity contribution is -0.137. The number of carbonyl (C=O) groups excluding carboxylic acids is 2. The number of aromatic nitrogens is 4. The van der Waals surface area contributed by atoms with Gasteiger partial charge in [-0.15, -0.1) is 5.10 Å². The molecule has 11 heteroatoms. The molecule has 2 N–H and O–H groups in total. The summed E-state index contributed by atoms with van der Waals surface area (Å²) in [5.41, 5.74) is 3.13. The van der Waals surface area contributed by atoms with Crippen molar-refractivity contribution in [2.75, 3.05) is 0 Å². The Hall–Kier alpha value is -3.76. The highest BCUT2D eigenvalue weighted by Crippen LogP contribution is 2.31. The molecule has 138 valence electrons. The van der Waals surface area contributed by atoms with Gasteiger partial charge in [0.1, 0.15) is 6.33 Å². The second-order valence-corrected chi connectivity index (χ2v) is 5.25. The number of benzene rings is 2. The van der Waals surface area contributed by atoms with Crippen molar-refractivity contribution in [3.8, 4) is 5.69 Å². The molecular formula is C16H11F3N6O2. The third-order valence-corrected chi connectivity index (χ3v) is 3.51. The quantitative estimate of drug-likeness (QED) is 0.678. The molecule has 0 radical (unpaired) electrons. The van der Waals surface area contributed by atoms with Crippen molar-refractivity contribution in [2.24, 2.45) is 0 Å². The summed E-state index contributed by atoms with van der Waals surface area (Å²) in [5.74, 6) is -1.78. The molecule has 1 aromatic heterocycles. The molecule has 0 unspecified atom stereocenters. The normalized spacial score (nSPS) is 11.1. The van der Waals surface area contributed by atoms with E-state index in [0.29, 0.717) is 5.69 Å². The number of nitrogens with one attached hydrogen (secondary N) is 2. The minimum absolute atomic E-state index is 0.177. The fraction of sp³-hybridized carbons (Fsp3) is 0.0625. The fourth-order valence-electron chi connectivity index (χ4n) is 2.23. The Morgan fingerprint density at radius 2 is 1.59 bits per heavy atom. The SMILES string of the molecule is O=C(NNC(=O)c1ccccc1C(F)(F)F)c1ccc(-n2cnnn2)cc1. The maximum atomic E-state index is 12.9. The number of halogens is 3. The average molecular weight is 376 g/mol. The maximum absolute atomic E-state index is 12.9. The second-order valence-electron chi connectivity index (χ2n) is 5.25. The number of rotatable bonds is 3. The lowest BCUT2D eigenvalue weighted by Crippen LogP contribution is -2.42. The van der Waals surface area contributed by atoms with Crippen LogP contribution in [0, 0.1) is 0 Å². The summed E-state index contributed by atoms with van der Waals surface area (Å²) >= 11 is 0. The van der Waals surface area contributed by atoms with Crippen molar-refractivity contribution in [1.29, 1.82) is 0 Å². The van der Waals surface area contributed by atoms with E-state index in [1.165, 1.54) is 35.3 Å². The lowest BCUT2D eigenvalue weighted by Gasteiger charge is -2.13. The molecule has 0 aliphatic rings. The van der Waals surface area contributed by atoms with Crippen molar-refractivity contribution >= 4 is 11.8 Å². The monoisotopic (exact) mass is 376 g/mol. The first kappa shape index (κ1) is 18.0. The van der Waals surface area contributed by atoms with Crippen LogP contribution in [-0.2, 0) is 6.18 Å². The van der Waals surface area contributed by atoms with Crippen LogP contribution >= 0.6 is 0 Å². The van der Waals surface area contributed by atoms with Gasteiger partial charge in [0, 0.05) is 5.56 Å². The van der Waals surface area contributed by atoms with Crippen molar-refractivity contribution < 1.29 is 22.8 Å². The third kappa shape index (κ3) is 4.08. The summed E-state index contributed by atoms with van der Waals surface area (Å²) in [7, 11) is 0. The largest absolute Gasteiger partial charge is 0.417 e. The Kier molecular flexibility index (Phi) is 4.83. The van der Waals surface area contributed by atoms with E-state index in [1.807, 2.05) is 5.43 Å². The molecule has 0 atom stereocenters. The van der Waals surface area contributed by atoms with E-state index >= 15 is 0 Å². The summed E-state index contributed by atoms with van der Waals surface area (Å²) in [4.78, 5) is 24.1. The first-order valence-electron chi connectivity index (χ1n) is 7.46. The standard InChI is InChI=1S/C16H11F3N6O2/c17-16(18,19)13-4-2-1-3-12(13)15(27)22-21-14(26)10-5-7-11(8-6-10)25-9-20-23-24-25/h1-9H,(H,21,26)(H,22,27). The molecule has 0 bridgehead atoms. The Balaban J connectivity index is 1.67. The zero-order valence-electron chi connectivity index (χ0n) is 13.4. The molecule has 0 aliphatic carbocycles. The van der Waals surface area contributed by atoms with E-state index < -0.39 is 29.1 Å². The van der Waals surface area contributed by atoms with E-state index in [1.54, 1.807) is 12.1 Å². The minimum atomic E-state index is -4.69. The van der Waals surface area contributed by atoms with E-state index in [2.05, 4.69) is 21.0 Å². The van der Waals surface area contributed by atoms with Gasteiger partial charge in [0.05, 0.1) is 16.8 Å². The third-order valence-electron chi connectivity index (χ3n) is 3.51. The van der Waals surface area contributed by atoms with Crippen LogP contribution in [0.5, 0.6) is 0 Å². The highest BCUT2D eigenvalue weighted by atomic mass is 19.4. The van der Waals surface area contributed by atoms with Crippen LogP contribution in [0.1, 0.15) is 26.3 Å². The van der Waals surface area contributed by atoms with Crippen LogP contribution in [0.3, 0.4) is 0 Å². The molecule has 0 aliphatic heterocycles. The van der Waals surface area contributed by atoms with Crippen LogP contribution in [0.2, 0.25) is 0 Å². The molecule has 0 saturated carbocycles. The molecule has 0 saturated heterocycles. The number of tetrazole rings is 1. The fourth-order valence-corrected chi connectivity index (χ4v) is 2.23. The molecule has 3 rings (SSSR count). The van der Waals surface area contributed by atoms with Gasteiger partial charge in [-0.2, -0.15) is 13.2 Å². The van der Waals surface area contributed by atoms with E-state index in [0.717, 1.165) is 12.1 Å². The number of hydrazine groups is 1. The van der Waals surface area contributed by atoms with Gasteiger partial charge >= 0.3 is 6.18 Å². The van der Waals surface area contributed by atoms with Gasteiger partial charge in [-0.1, -0.05) is 12.1 Å². The number of hydrogen-bond donors (Lipinski definition) is 2. The van der Waals surface area contributed by atoms with Crippen molar-refractivity contribution in [1.82, 2.24) is 31.1 Å². The molecule has 0 fully saturated rings. The van der Waals surface area contributed by atoms with Crippen molar-refractivity contribution in [2.45, 2.75) is 6.18 Å². The van der Waals surface area contributed by atoms with Crippen molar-refractivity contribution in [3.63, 3.8) is 0 Å². The Morgan fingerprint density at radius 3 is 2.22 bits per heavy atom. The summed E-state index contributed by atoms with van der Waals surface area (Å²) in [5, 5.41) is 10.7. The molecule has 2 aromatic carbocycles. The van der Waals surface area contributed by atoms with Crippen molar-refractivity contribution in [3.05, 3.63) is 71.5 Å². The molecule has 8 nitrogen and oxygen atoms in total. The van der Waals surface area contributed by atoms with E-state index in [4.69, 9.17) is 0 Å². The molecule has 27 heavy (non-hydrogen) atoms. The zero-order valence-corrected chi connectivity index (χ0v) is 13.4. The first-order chi connectivity index (χ1) is 12.9. The van der Waals surface area contributed by atoms with Crippen LogP contribution < -0.4 is 10.9 Å². The van der Waals surface area contributed by atoms with E-state index in [-0.39, 0.29) is 5.56 Å². The average Bonchev–Trinajstić information content (AvgIpc) is 3.20. The number of alkyl halides is 3. The van der Waals surface area contributed by atoms with Gasteiger partial charge < -0.3 is 0 Å². The van der Waals surface area contributed by atoms with Gasteiger partial charge in [0.15, 0.2) is 0 Å². The summed E-state index contributed by atoms with van der Waals surface area (Å²) in [6.45, 7) is 0. The molecule has 2 amide bonds. The summed E-state index contributed by atoms with van der Waals surface area (Å²) in [6.07, 6.45) is -3.32. The summed E-state index contributed by atoms with van der Waals surface area (Å²) in [6, 6.07) is 10.3. The molecular weight excluding hydrogens is 365 g/mol. The molecule has 0 spiro atoms. The highest BCUT2D eigenvalue weighted by molar-refractivity contribution is 5.99. The Morgan fingerprint density at radius 1 is 0.926 bits per heavy atom. The number of hydrogen-bond acceptors (Lipinski definition) is 5. The van der Waals surface area contributed by atoms with Gasteiger partial charge in [-0.3, -0.25) is 20.4 Å². The topological polar surface area (TPSA) is 102 Å². The number of amides is 2. The Bertz CT molecular complexity index is 955. The predicted molar refractivity (Wildman–Crippen MR) is 85.5 cm³/mol. The number of nitrogens with zero attached hydrogens (tertiary/aromatic N) is 4. The second kappa shape index (κ2) is 7.23. The highest BCUT2D eigenvalue weighted by Gasteiger charge is 2.34. The first-order valence-corrected chi connectivity index (χ1v) is 7.46. The molecule has 3 aromatic rings. The van der Waals surface area contributed by atoms with Crippen LogP contribution in [0.4, 0.5) is 13.2 Å². The van der Waals surface area contributed by atoms with Gasteiger partial charge in [0.25, 0.3) is 11.8 Å². The van der Waals surface area contributed by atoms with Gasteiger partial charge in [-0.25, -0.2) is 4.68 Å². The van der Waals surface area contributed by atoms with Crippen LogP contribution in [-0.4, -0.2) is 32.0 Å². The maximum Gasteiger partial charge on any atom is 0.417 e. The predicted octanol–water partition coefficient (Wildman–Crippen LogP) is 1.76. The van der Waals surface area contributed by atoms with Crippen LogP contribution in [0.25, 0.3) is 5.69 Å². The van der Waals surface area contributed by atoms with Crippen LogP contribution in [0.15, 0.2) is 54.9 Å². The Labute approximate surface area is 150 Å². The minimum Gasteiger partial charge on any atom is -0.267 e.